The quantitative estimate of drug-likeness (QED) is 0.0130. The molecule has 0 saturated heterocycles. The number of carboxylic acids is 1. The summed E-state index contributed by atoms with van der Waals surface area (Å²) in [7, 11) is 0. The maximum absolute atomic E-state index is 10.9. The number of benzene rings is 14. The van der Waals surface area contributed by atoms with Crippen molar-refractivity contribution in [2.45, 2.75) is 276 Å². The molecule has 14 aromatic rings. The highest BCUT2D eigenvalue weighted by Crippen LogP contribution is 2.48. The lowest BCUT2D eigenvalue weighted by Gasteiger charge is -2.35. The molecule has 13 N–H and O–H groups in total. The molecule has 142 heavy (non-hydrogen) atoms. The van der Waals surface area contributed by atoms with Crippen LogP contribution in [0.3, 0.4) is 0 Å². The molecular weight excluding hydrogens is 1760 g/mol. The van der Waals surface area contributed by atoms with Crippen molar-refractivity contribution in [2.24, 2.45) is 0 Å². The van der Waals surface area contributed by atoms with Crippen LogP contribution in [-0.2, 0) is 48.1 Å². The fraction of sp³-hybridized carbons (Fsp3) is 0.336. The lowest BCUT2D eigenvalue weighted by Crippen LogP contribution is -2.27. The highest BCUT2D eigenvalue weighted by atomic mass is 16.4. The van der Waals surface area contributed by atoms with Gasteiger partial charge in [0.15, 0.2) is 0 Å². The number of aliphatic carboxylic acids is 1. The number of phenols is 12. The van der Waals surface area contributed by atoms with Crippen molar-refractivity contribution in [1.82, 2.24) is 0 Å². The van der Waals surface area contributed by atoms with Crippen LogP contribution in [0.1, 0.15) is 321 Å². The van der Waals surface area contributed by atoms with Crippen LogP contribution in [0.5, 0.6) is 69.0 Å². The second-order valence-corrected chi connectivity index (χ2v) is 41.1. The van der Waals surface area contributed by atoms with Gasteiger partial charge in [-0.05, 0) is 273 Å². The Bertz CT molecular complexity index is 5800. The number of phenolic OH excluding ortho intramolecular Hbond substituents is 12. The summed E-state index contributed by atoms with van der Waals surface area (Å²) in [5.41, 5.74) is 15.7. The van der Waals surface area contributed by atoms with E-state index in [-0.39, 0.29) is 61.9 Å². The van der Waals surface area contributed by atoms with Crippen LogP contribution < -0.4 is 0 Å². The fourth-order valence-electron chi connectivity index (χ4n) is 19.1. The van der Waals surface area contributed by atoms with E-state index < -0.39 is 16.8 Å². The molecule has 0 heterocycles. The number of aromatic hydroxyl groups is 12. The maximum atomic E-state index is 10.9. The molecule has 0 amide bonds. The summed E-state index contributed by atoms with van der Waals surface area (Å²) in [5, 5.41) is 125. The van der Waals surface area contributed by atoms with Gasteiger partial charge in [-0.1, -0.05) is 393 Å². The van der Waals surface area contributed by atoms with E-state index in [0.717, 1.165) is 69.3 Å². The zero-order valence-corrected chi connectivity index (χ0v) is 86.2. The van der Waals surface area contributed by atoms with E-state index in [1.54, 1.807) is 146 Å². The second kappa shape index (κ2) is 52.1. The first kappa shape index (κ1) is 112. The third-order valence-electron chi connectivity index (χ3n) is 28.6. The van der Waals surface area contributed by atoms with Crippen molar-refractivity contribution in [2.75, 3.05) is 0 Å². The Labute approximate surface area is 845 Å². The Morgan fingerprint density at radius 2 is 0.366 bits per heavy atom. The molecule has 0 aliphatic rings. The van der Waals surface area contributed by atoms with E-state index in [4.69, 9.17) is 5.11 Å². The van der Waals surface area contributed by atoms with Gasteiger partial charge < -0.3 is 66.4 Å². The van der Waals surface area contributed by atoms with Gasteiger partial charge in [0, 0.05) is 38.9 Å². The summed E-state index contributed by atoms with van der Waals surface area (Å²) in [6.45, 7) is 32.5. The monoisotopic (exact) mass is 1920 g/mol. The molecule has 0 aliphatic heterocycles. The highest BCUT2D eigenvalue weighted by molar-refractivity contribution is 5.67. The van der Waals surface area contributed by atoms with Crippen LogP contribution in [-0.4, -0.2) is 72.4 Å². The normalized spacial score (nSPS) is 11.7. The van der Waals surface area contributed by atoms with E-state index in [2.05, 4.69) is 145 Å². The molecule has 0 unspecified atom stereocenters. The van der Waals surface area contributed by atoms with Gasteiger partial charge in [0.1, 0.15) is 69.0 Å². The largest absolute Gasteiger partial charge is 0.508 e. The third-order valence-corrected chi connectivity index (χ3v) is 28.6. The molecule has 0 spiro atoms. The molecule has 14 aromatic carbocycles. The van der Waals surface area contributed by atoms with Gasteiger partial charge >= 0.3 is 5.97 Å². The number of hydrogen-bond acceptors (Lipinski definition) is 13. The predicted molar refractivity (Wildman–Crippen MR) is 581 cm³/mol. The lowest BCUT2D eigenvalue weighted by atomic mass is 9.68. The molecule has 0 aliphatic carbocycles. The third kappa shape index (κ3) is 30.6. The molecule has 14 rings (SSSR count). The van der Waals surface area contributed by atoms with Gasteiger partial charge in [0.2, 0.25) is 0 Å². The van der Waals surface area contributed by atoms with Crippen molar-refractivity contribution in [3.05, 3.63) is 429 Å². The molecular formula is C128H154O14. The first-order valence-electron chi connectivity index (χ1n) is 50.5. The highest BCUT2D eigenvalue weighted by Gasteiger charge is 2.38. The standard InChI is InChI=1S/C28H34O2.C22H30O2.C21H28O2.C20H18O2.C20H26O2.C17H18O4/c1-26(2,3)22-17-20(13-15-24(22)29)28(7,19-11-9-8-10-12-19)21-14-16-25(30)23(18-21)27(4,5)6;1-3-4-5-6-7-8-17-22(2,18-9-13-20(23)14-10-18)19-11-15-21(24)16-12-19;1-3-4-5-6-7-16-21(2,17-8-12-19(22)13-9-17)18-10-14-20(23)15-11-18;1-20(15-5-3-2-4-6-15,16-7-11-18(21)12-8-16)17-9-13-19(22)14-10-17;1-3-4-5-6-15-20(2,16-7-11-18(21)12-8-16)17-9-13-19(22)14-10-17;1-17(11-10-16(20)21,12-2-6-14(18)7-3-12)13-4-8-15(19)9-5-13/h8-18,29-30H,1-7H3;9-16,23-24H,3-8,17H2,1-2H3;8-15,22-23H,3-7,16H2,1-2H3;2-14,21-22H,1H3;7-14,21-22H,3-6,15H2,1-2H3;2-9,18-19H,10-11H2,1H3,(H,20,21). The van der Waals surface area contributed by atoms with Crippen LogP contribution in [0.2, 0.25) is 0 Å². The number of carboxylic acid groups (broad SMARTS) is 1. The summed E-state index contributed by atoms with van der Waals surface area (Å²) in [4.78, 5) is 10.9. The molecule has 14 heteroatoms. The smallest absolute Gasteiger partial charge is 0.303 e. The Morgan fingerprint density at radius 1 is 0.197 bits per heavy atom. The Hall–Kier alpha value is -13.9. The molecule has 0 fully saturated rings. The van der Waals surface area contributed by atoms with Crippen molar-refractivity contribution in [3.8, 4) is 69.0 Å². The number of rotatable bonds is 35. The van der Waals surface area contributed by atoms with Gasteiger partial charge in [0.25, 0.3) is 0 Å². The average Bonchev–Trinajstić information content (AvgIpc) is 0.741. The zero-order chi connectivity index (χ0) is 103. The zero-order valence-electron chi connectivity index (χ0n) is 86.2. The molecule has 0 atom stereocenters. The van der Waals surface area contributed by atoms with Crippen LogP contribution in [0.25, 0.3) is 0 Å². The second-order valence-electron chi connectivity index (χ2n) is 41.1. The maximum Gasteiger partial charge on any atom is 0.303 e. The van der Waals surface area contributed by atoms with E-state index in [9.17, 15) is 66.1 Å². The molecule has 0 saturated carbocycles. The topological polar surface area (TPSA) is 280 Å². The molecule has 0 bridgehead atoms. The van der Waals surface area contributed by atoms with Crippen LogP contribution in [0.15, 0.2) is 340 Å². The van der Waals surface area contributed by atoms with E-state index in [1.165, 1.54) is 135 Å². The van der Waals surface area contributed by atoms with Crippen LogP contribution in [0, 0.1) is 0 Å². The lowest BCUT2D eigenvalue weighted by molar-refractivity contribution is -0.137. The minimum absolute atomic E-state index is 0.0399. The number of carbonyl (C=O) groups is 1. The summed E-state index contributed by atoms with van der Waals surface area (Å²) in [5.74, 6) is 2.42. The van der Waals surface area contributed by atoms with Crippen LogP contribution >= 0.6 is 0 Å². The fourth-order valence-corrected chi connectivity index (χ4v) is 19.1. The SMILES string of the molecule is CC(C)(C)c1cc(C(C)(c2ccccc2)c2ccc(O)c(C(C)(C)C)c2)ccc1O.CC(CCC(=O)O)(c1ccc(O)cc1)c1ccc(O)cc1.CC(c1ccccc1)(c1ccc(O)cc1)c1ccc(O)cc1.CCCCCCC(C)(c1ccc(O)cc1)c1ccc(O)cc1.CCCCCCCC(C)(c1ccc(O)cc1)c1ccc(O)cc1.CCCCCCCCC(C)(c1ccc(O)cc1)c1ccc(O)cc1. The van der Waals surface area contributed by atoms with E-state index >= 15 is 0 Å². The van der Waals surface area contributed by atoms with Crippen molar-refractivity contribution >= 4 is 5.97 Å². The first-order chi connectivity index (χ1) is 67.5. The Balaban J connectivity index is 0.000000191. The van der Waals surface area contributed by atoms with Crippen molar-refractivity contribution in [3.63, 3.8) is 0 Å². The van der Waals surface area contributed by atoms with Gasteiger partial charge in [-0.15, -0.1) is 0 Å². The van der Waals surface area contributed by atoms with Gasteiger partial charge in [-0.2, -0.15) is 0 Å². The molecule has 0 aromatic heterocycles. The Morgan fingerprint density at radius 3 is 0.570 bits per heavy atom. The van der Waals surface area contributed by atoms with Crippen molar-refractivity contribution in [1.29, 1.82) is 0 Å². The molecule has 14 nitrogen and oxygen atoms in total. The summed E-state index contributed by atoms with van der Waals surface area (Å²) < 4.78 is 0. The van der Waals surface area contributed by atoms with Gasteiger partial charge in [-0.25, -0.2) is 0 Å². The predicted octanol–water partition coefficient (Wildman–Crippen LogP) is 32.1. The number of unbranched alkanes of at least 4 members (excludes halogenated alkanes) is 12. The summed E-state index contributed by atoms with van der Waals surface area (Å²) >= 11 is 0. The molecule has 0 radical (unpaired) electrons. The van der Waals surface area contributed by atoms with E-state index in [0.29, 0.717) is 52.4 Å². The van der Waals surface area contributed by atoms with Crippen molar-refractivity contribution < 1.29 is 71.2 Å². The van der Waals surface area contributed by atoms with Crippen LogP contribution in [0.4, 0.5) is 0 Å². The Kier molecular flexibility index (Phi) is 41.0. The van der Waals surface area contributed by atoms with Gasteiger partial charge in [-0.3, -0.25) is 4.79 Å². The first-order valence-corrected chi connectivity index (χ1v) is 50.5. The minimum atomic E-state index is -0.848. The average molecular weight is 1920 g/mol. The summed E-state index contributed by atoms with van der Waals surface area (Å²) in [6.07, 6.45) is 22.5. The summed E-state index contributed by atoms with van der Waals surface area (Å²) in [6, 6.07) is 106. The van der Waals surface area contributed by atoms with E-state index in [1.807, 2.05) is 153 Å². The molecule has 750 valence electrons. The minimum Gasteiger partial charge on any atom is -0.508 e. The van der Waals surface area contributed by atoms with Gasteiger partial charge in [0.05, 0.1) is 0 Å². The number of hydrogen-bond donors (Lipinski definition) is 13.